The van der Waals surface area contributed by atoms with E-state index in [1.54, 1.807) is 0 Å². The summed E-state index contributed by atoms with van der Waals surface area (Å²) in [6, 6.07) is 0. The van der Waals surface area contributed by atoms with Crippen molar-refractivity contribution in [3.05, 3.63) is 27.8 Å². The predicted octanol–water partition coefficient (Wildman–Crippen LogP) is 2.11. The van der Waals surface area contributed by atoms with Gasteiger partial charge < -0.3 is 5.32 Å². The molecule has 110 valence electrons. The second kappa shape index (κ2) is 6.99. The van der Waals surface area contributed by atoms with Crippen molar-refractivity contribution in [3.63, 3.8) is 0 Å². The number of nitrogens with zero attached hydrogens (tertiary/aromatic N) is 5. The van der Waals surface area contributed by atoms with E-state index in [1.165, 1.54) is 0 Å². The van der Waals surface area contributed by atoms with Crippen LogP contribution >= 0.6 is 15.9 Å². The summed E-state index contributed by atoms with van der Waals surface area (Å²) in [6.45, 7) is 9.53. The van der Waals surface area contributed by atoms with Crippen LogP contribution in [0.1, 0.15) is 37.4 Å². The summed E-state index contributed by atoms with van der Waals surface area (Å²) < 4.78 is 4.91. The Hall–Kier alpha value is -1.21. The number of halogens is 1. The highest BCUT2D eigenvalue weighted by Crippen LogP contribution is 2.21. The van der Waals surface area contributed by atoms with Crippen molar-refractivity contribution in [3.8, 4) is 0 Å². The Kier molecular flexibility index (Phi) is 5.31. The van der Waals surface area contributed by atoms with Gasteiger partial charge in [-0.25, -0.2) is 4.68 Å². The highest BCUT2D eigenvalue weighted by atomic mass is 79.9. The van der Waals surface area contributed by atoms with Crippen LogP contribution in [-0.2, 0) is 19.6 Å². The standard InChI is InChI=1S/C13H21BrN6/c1-4-6-15-7-11-8-19(18-16-11)9-12-13(14)10(3)17-20(12)5-2/h8,15H,4-7,9H2,1-3H3. The number of aromatic nitrogens is 5. The topological polar surface area (TPSA) is 60.6 Å². The van der Waals surface area contributed by atoms with Crippen LogP contribution in [0.25, 0.3) is 0 Å². The third kappa shape index (κ3) is 3.46. The molecule has 0 saturated heterocycles. The van der Waals surface area contributed by atoms with E-state index >= 15 is 0 Å². The molecule has 6 nitrogen and oxygen atoms in total. The third-order valence-corrected chi connectivity index (χ3v) is 4.12. The van der Waals surface area contributed by atoms with E-state index < -0.39 is 0 Å². The highest BCUT2D eigenvalue weighted by molar-refractivity contribution is 9.10. The van der Waals surface area contributed by atoms with Crippen molar-refractivity contribution in [1.82, 2.24) is 30.1 Å². The lowest BCUT2D eigenvalue weighted by atomic mass is 10.3. The number of rotatable bonds is 7. The Balaban J connectivity index is 2.07. The molecule has 0 amide bonds. The highest BCUT2D eigenvalue weighted by Gasteiger charge is 2.13. The van der Waals surface area contributed by atoms with Gasteiger partial charge >= 0.3 is 0 Å². The van der Waals surface area contributed by atoms with Crippen LogP contribution < -0.4 is 5.32 Å². The van der Waals surface area contributed by atoms with Gasteiger partial charge in [0.25, 0.3) is 0 Å². The fourth-order valence-electron chi connectivity index (χ4n) is 2.06. The lowest BCUT2D eigenvalue weighted by Crippen LogP contribution is -2.14. The summed E-state index contributed by atoms with van der Waals surface area (Å²) in [4.78, 5) is 0. The van der Waals surface area contributed by atoms with Gasteiger partial charge in [-0.05, 0) is 42.7 Å². The van der Waals surface area contributed by atoms with Crippen LogP contribution in [0.15, 0.2) is 10.7 Å². The zero-order chi connectivity index (χ0) is 14.5. The van der Waals surface area contributed by atoms with Crippen molar-refractivity contribution in [2.45, 2.75) is 46.8 Å². The second-order valence-electron chi connectivity index (χ2n) is 4.75. The molecule has 0 atom stereocenters. The maximum absolute atomic E-state index is 4.49. The molecule has 0 aliphatic carbocycles. The molecule has 2 aromatic rings. The van der Waals surface area contributed by atoms with Crippen molar-refractivity contribution >= 4 is 15.9 Å². The summed E-state index contributed by atoms with van der Waals surface area (Å²) in [7, 11) is 0. The van der Waals surface area contributed by atoms with Crippen LogP contribution in [0.2, 0.25) is 0 Å². The molecule has 1 N–H and O–H groups in total. The van der Waals surface area contributed by atoms with E-state index in [9.17, 15) is 0 Å². The van der Waals surface area contributed by atoms with E-state index in [-0.39, 0.29) is 0 Å². The first-order valence-corrected chi connectivity index (χ1v) is 7.76. The van der Waals surface area contributed by atoms with Crippen molar-refractivity contribution < 1.29 is 0 Å². The van der Waals surface area contributed by atoms with Crippen LogP contribution in [0.3, 0.4) is 0 Å². The molecule has 0 spiro atoms. The molecule has 0 aliphatic rings. The average molecular weight is 341 g/mol. The summed E-state index contributed by atoms with van der Waals surface area (Å²) >= 11 is 3.60. The molecule has 0 fully saturated rings. The molecular weight excluding hydrogens is 320 g/mol. The lowest BCUT2D eigenvalue weighted by molar-refractivity contribution is 0.563. The van der Waals surface area contributed by atoms with Crippen LogP contribution in [0.5, 0.6) is 0 Å². The molecule has 0 saturated carbocycles. The van der Waals surface area contributed by atoms with Crippen LogP contribution in [0.4, 0.5) is 0 Å². The number of hydrogen-bond donors (Lipinski definition) is 1. The molecule has 0 aliphatic heterocycles. The maximum atomic E-state index is 4.49. The van der Waals surface area contributed by atoms with Crippen molar-refractivity contribution in [1.29, 1.82) is 0 Å². The van der Waals surface area contributed by atoms with Crippen LogP contribution in [-0.4, -0.2) is 31.3 Å². The first kappa shape index (κ1) is 15.2. The van der Waals surface area contributed by atoms with Gasteiger partial charge in [-0.2, -0.15) is 5.10 Å². The zero-order valence-corrected chi connectivity index (χ0v) is 13.8. The van der Waals surface area contributed by atoms with Gasteiger partial charge in [0.15, 0.2) is 0 Å². The first-order valence-electron chi connectivity index (χ1n) is 6.97. The average Bonchev–Trinajstić information content (AvgIpc) is 2.99. The molecule has 0 radical (unpaired) electrons. The SMILES string of the molecule is CCCNCc1cn(Cc2c(Br)c(C)nn2CC)nn1. The molecule has 20 heavy (non-hydrogen) atoms. The van der Waals surface area contributed by atoms with E-state index in [2.05, 4.69) is 50.5 Å². The quantitative estimate of drug-likeness (QED) is 0.784. The molecule has 2 rings (SSSR count). The van der Waals surface area contributed by atoms with Gasteiger partial charge in [0.1, 0.15) is 0 Å². The number of hydrogen-bond acceptors (Lipinski definition) is 4. The molecule has 0 bridgehead atoms. The molecule has 0 aromatic carbocycles. The summed E-state index contributed by atoms with van der Waals surface area (Å²) in [5.41, 5.74) is 3.10. The Morgan fingerprint density at radius 3 is 2.85 bits per heavy atom. The lowest BCUT2D eigenvalue weighted by Gasteiger charge is -2.04. The van der Waals surface area contributed by atoms with Crippen LogP contribution in [0, 0.1) is 6.92 Å². The summed E-state index contributed by atoms with van der Waals surface area (Å²) in [6.07, 6.45) is 3.10. The number of nitrogens with one attached hydrogen (secondary N) is 1. The summed E-state index contributed by atoms with van der Waals surface area (Å²) in [5, 5.41) is 16.2. The first-order chi connectivity index (χ1) is 9.65. The molecule has 7 heteroatoms. The molecule has 2 heterocycles. The minimum absolute atomic E-state index is 0.677. The van der Waals surface area contributed by atoms with E-state index in [1.807, 2.05) is 22.5 Å². The zero-order valence-electron chi connectivity index (χ0n) is 12.2. The van der Waals surface area contributed by atoms with Gasteiger partial charge in [-0.15, -0.1) is 5.10 Å². The minimum atomic E-state index is 0.677. The Morgan fingerprint density at radius 2 is 2.15 bits per heavy atom. The Morgan fingerprint density at radius 1 is 1.35 bits per heavy atom. The van der Waals surface area contributed by atoms with Gasteiger partial charge in [0.05, 0.1) is 34.3 Å². The van der Waals surface area contributed by atoms with Crippen molar-refractivity contribution in [2.24, 2.45) is 0 Å². The number of aryl methyl sites for hydroxylation is 2. The van der Waals surface area contributed by atoms with Gasteiger partial charge in [0, 0.05) is 13.1 Å². The fourth-order valence-corrected chi connectivity index (χ4v) is 2.47. The molecule has 0 unspecified atom stereocenters. The normalized spacial score (nSPS) is 11.2. The Labute approximate surface area is 127 Å². The molecule has 2 aromatic heterocycles. The largest absolute Gasteiger partial charge is 0.311 e. The fraction of sp³-hybridized carbons (Fsp3) is 0.615. The van der Waals surface area contributed by atoms with Crippen molar-refractivity contribution in [2.75, 3.05) is 6.54 Å². The van der Waals surface area contributed by atoms with Gasteiger partial charge in [0.2, 0.25) is 0 Å². The van der Waals surface area contributed by atoms with E-state index in [0.717, 1.165) is 47.6 Å². The van der Waals surface area contributed by atoms with E-state index in [0.29, 0.717) is 6.54 Å². The smallest absolute Gasteiger partial charge is 0.0964 e. The minimum Gasteiger partial charge on any atom is -0.311 e. The van der Waals surface area contributed by atoms with Gasteiger partial charge in [-0.1, -0.05) is 12.1 Å². The van der Waals surface area contributed by atoms with Gasteiger partial charge in [-0.3, -0.25) is 4.68 Å². The summed E-state index contributed by atoms with van der Waals surface area (Å²) in [5.74, 6) is 0. The second-order valence-corrected chi connectivity index (χ2v) is 5.54. The monoisotopic (exact) mass is 340 g/mol. The van der Waals surface area contributed by atoms with E-state index in [4.69, 9.17) is 0 Å². The predicted molar refractivity (Wildman–Crippen MR) is 81.5 cm³/mol. The molecular formula is C13H21BrN6. The Bertz CT molecular complexity index is 559. The third-order valence-electron chi connectivity index (χ3n) is 3.08. The maximum Gasteiger partial charge on any atom is 0.0964 e.